The molecule has 0 fully saturated rings. The molecule has 24 heavy (non-hydrogen) atoms. The van der Waals surface area contributed by atoms with Crippen molar-refractivity contribution in [3.63, 3.8) is 0 Å². The monoisotopic (exact) mass is 326 g/mol. The van der Waals surface area contributed by atoms with Gasteiger partial charge in [-0.05, 0) is 35.6 Å². The summed E-state index contributed by atoms with van der Waals surface area (Å²) in [6, 6.07) is 14.3. The van der Waals surface area contributed by atoms with Crippen LogP contribution in [0, 0.1) is 0 Å². The molecule has 2 aromatic carbocycles. The molecule has 2 atom stereocenters. The summed E-state index contributed by atoms with van der Waals surface area (Å²) in [5, 5.41) is 14.1. The smallest absolute Gasteiger partial charge is 0.142 e. The Labute approximate surface area is 143 Å². The lowest BCUT2D eigenvalue weighted by molar-refractivity contribution is 0.110. The molecular weight excluding hydrogens is 300 g/mol. The lowest BCUT2D eigenvalue weighted by atomic mass is 9.84. The Morgan fingerprint density at radius 3 is 2.67 bits per heavy atom. The van der Waals surface area contributed by atoms with Crippen molar-refractivity contribution in [1.82, 2.24) is 5.32 Å². The van der Waals surface area contributed by atoms with E-state index in [1.54, 1.807) is 0 Å². The fraction of sp³-hybridized carbons (Fsp3) is 0.400. The van der Waals surface area contributed by atoms with Crippen LogP contribution in [0.5, 0.6) is 5.75 Å². The molecule has 2 aromatic rings. The summed E-state index contributed by atoms with van der Waals surface area (Å²) in [4.78, 5) is 0. The maximum Gasteiger partial charge on any atom is 0.142 e. The molecule has 0 saturated heterocycles. The maximum absolute atomic E-state index is 10.6. The summed E-state index contributed by atoms with van der Waals surface area (Å²) >= 11 is 0. The Morgan fingerprint density at radius 1 is 1.21 bits per heavy atom. The normalized spacial score (nSPS) is 20.0. The predicted octanol–water partition coefficient (Wildman–Crippen LogP) is 3.19. The van der Waals surface area contributed by atoms with Crippen LogP contribution in [-0.4, -0.2) is 17.2 Å². The van der Waals surface area contributed by atoms with E-state index in [4.69, 9.17) is 10.5 Å². The van der Waals surface area contributed by atoms with Crippen molar-refractivity contribution in [3.05, 3.63) is 59.2 Å². The van der Waals surface area contributed by atoms with Crippen molar-refractivity contribution < 1.29 is 9.84 Å². The van der Waals surface area contributed by atoms with Gasteiger partial charge in [-0.2, -0.15) is 0 Å². The molecule has 1 aliphatic rings. The van der Waals surface area contributed by atoms with E-state index in [1.807, 2.05) is 42.5 Å². The number of rotatable bonds is 5. The van der Waals surface area contributed by atoms with E-state index in [1.165, 1.54) is 0 Å². The summed E-state index contributed by atoms with van der Waals surface area (Å²) in [5.74, 6) is 0.695. The second-order valence-electron chi connectivity index (χ2n) is 6.73. The minimum absolute atomic E-state index is 0.0768. The van der Waals surface area contributed by atoms with E-state index in [0.29, 0.717) is 24.1 Å². The predicted molar refractivity (Wildman–Crippen MR) is 97.0 cm³/mol. The van der Waals surface area contributed by atoms with Gasteiger partial charge >= 0.3 is 0 Å². The molecule has 4 heteroatoms. The fourth-order valence-corrected chi connectivity index (χ4v) is 3.35. The molecule has 1 aliphatic carbocycles. The number of anilines is 1. The zero-order chi connectivity index (χ0) is 17.1. The summed E-state index contributed by atoms with van der Waals surface area (Å²) in [7, 11) is 0. The molecule has 0 aromatic heterocycles. The van der Waals surface area contributed by atoms with Crippen LogP contribution in [-0.2, 0) is 13.0 Å². The number of hydrogen-bond donors (Lipinski definition) is 3. The van der Waals surface area contributed by atoms with Crippen LogP contribution in [0.2, 0.25) is 0 Å². The number of aliphatic hydroxyl groups excluding tert-OH is 1. The van der Waals surface area contributed by atoms with Crippen LogP contribution in [0.4, 0.5) is 5.69 Å². The molecule has 0 heterocycles. The Kier molecular flexibility index (Phi) is 5.07. The fourth-order valence-electron chi connectivity index (χ4n) is 3.35. The first-order chi connectivity index (χ1) is 11.6. The third-order valence-corrected chi connectivity index (χ3v) is 4.54. The van der Waals surface area contributed by atoms with Crippen molar-refractivity contribution in [1.29, 1.82) is 0 Å². The van der Waals surface area contributed by atoms with Gasteiger partial charge in [0.2, 0.25) is 0 Å². The standard InChI is InChI=1S/C20H26N2O2/c1-13(2)22-17-10-8-15-16(20(17)23)9-11-18(19(15)21)24-12-14-6-4-3-5-7-14/h3-7,9,11,13,17,20,22-23H,8,10,12,21H2,1-2H3. The third kappa shape index (κ3) is 3.55. The lowest BCUT2D eigenvalue weighted by Gasteiger charge is -2.33. The Bertz CT molecular complexity index is 686. The third-order valence-electron chi connectivity index (χ3n) is 4.54. The van der Waals surface area contributed by atoms with Gasteiger partial charge in [0.1, 0.15) is 12.4 Å². The van der Waals surface area contributed by atoms with E-state index in [9.17, 15) is 5.11 Å². The summed E-state index contributed by atoms with van der Waals surface area (Å²) in [6.45, 7) is 4.68. The van der Waals surface area contributed by atoms with Crippen LogP contribution in [0.25, 0.3) is 0 Å². The van der Waals surface area contributed by atoms with Crippen molar-refractivity contribution in [3.8, 4) is 5.75 Å². The van der Waals surface area contributed by atoms with Crippen LogP contribution in [0.15, 0.2) is 42.5 Å². The summed E-state index contributed by atoms with van der Waals surface area (Å²) in [5.41, 5.74) is 10.0. The summed E-state index contributed by atoms with van der Waals surface area (Å²) in [6.07, 6.45) is 1.20. The summed E-state index contributed by atoms with van der Waals surface area (Å²) < 4.78 is 5.89. The van der Waals surface area contributed by atoms with Gasteiger partial charge in [-0.25, -0.2) is 0 Å². The first-order valence-electron chi connectivity index (χ1n) is 8.58. The number of nitrogens with one attached hydrogen (secondary N) is 1. The number of fused-ring (bicyclic) bond motifs is 1. The van der Waals surface area contributed by atoms with Gasteiger partial charge in [-0.1, -0.05) is 50.2 Å². The second-order valence-corrected chi connectivity index (χ2v) is 6.73. The van der Waals surface area contributed by atoms with Crippen LogP contribution < -0.4 is 15.8 Å². The topological polar surface area (TPSA) is 67.5 Å². The molecular formula is C20H26N2O2. The quantitative estimate of drug-likeness (QED) is 0.738. The molecule has 2 unspecified atom stereocenters. The largest absolute Gasteiger partial charge is 0.487 e. The van der Waals surface area contributed by atoms with Gasteiger partial charge in [-0.15, -0.1) is 0 Å². The molecule has 0 spiro atoms. The van der Waals surface area contributed by atoms with Gasteiger partial charge < -0.3 is 20.9 Å². The number of hydrogen-bond acceptors (Lipinski definition) is 4. The molecule has 0 saturated carbocycles. The van der Waals surface area contributed by atoms with E-state index in [-0.39, 0.29) is 6.04 Å². The van der Waals surface area contributed by atoms with Gasteiger partial charge in [0.25, 0.3) is 0 Å². The van der Waals surface area contributed by atoms with Gasteiger partial charge in [0.15, 0.2) is 0 Å². The number of ether oxygens (including phenoxy) is 1. The Hall–Kier alpha value is -2.04. The van der Waals surface area contributed by atoms with E-state index < -0.39 is 6.10 Å². The van der Waals surface area contributed by atoms with Crippen molar-refractivity contribution in [2.24, 2.45) is 0 Å². The SMILES string of the molecule is CC(C)NC1CCc2c(ccc(OCc3ccccc3)c2N)C1O. The van der Waals surface area contributed by atoms with Crippen molar-refractivity contribution in [2.75, 3.05) is 5.73 Å². The zero-order valence-electron chi connectivity index (χ0n) is 14.3. The first kappa shape index (κ1) is 16.8. The number of nitrogens with two attached hydrogens (primary N) is 1. The molecule has 4 N–H and O–H groups in total. The highest BCUT2D eigenvalue weighted by Gasteiger charge is 2.30. The average Bonchev–Trinajstić information content (AvgIpc) is 2.57. The molecule has 128 valence electrons. The molecule has 4 nitrogen and oxygen atoms in total. The molecule has 0 bridgehead atoms. The molecule has 0 aliphatic heterocycles. The van der Waals surface area contributed by atoms with E-state index in [0.717, 1.165) is 29.5 Å². The molecule has 0 amide bonds. The van der Waals surface area contributed by atoms with Gasteiger partial charge in [0.05, 0.1) is 11.8 Å². The number of benzene rings is 2. The molecule has 0 radical (unpaired) electrons. The molecule has 3 rings (SSSR count). The van der Waals surface area contributed by atoms with Crippen LogP contribution in [0.3, 0.4) is 0 Å². The van der Waals surface area contributed by atoms with Crippen LogP contribution >= 0.6 is 0 Å². The Morgan fingerprint density at radius 2 is 1.96 bits per heavy atom. The highest BCUT2D eigenvalue weighted by atomic mass is 16.5. The first-order valence-corrected chi connectivity index (χ1v) is 8.58. The lowest BCUT2D eigenvalue weighted by Crippen LogP contribution is -2.42. The highest BCUT2D eigenvalue weighted by molar-refractivity contribution is 5.62. The van der Waals surface area contributed by atoms with E-state index in [2.05, 4.69) is 19.2 Å². The minimum Gasteiger partial charge on any atom is -0.487 e. The van der Waals surface area contributed by atoms with Crippen molar-refractivity contribution in [2.45, 2.75) is 51.5 Å². The Balaban J connectivity index is 1.76. The number of nitrogen functional groups attached to an aromatic ring is 1. The van der Waals surface area contributed by atoms with E-state index >= 15 is 0 Å². The second kappa shape index (κ2) is 7.24. The average molecular weight is 326 g/mol. The van der Waals surface area contributed by atoms with Crippen molar-refractivity contribution >= 4 is 5.69 Å². The van der Waals surface area contributed by atoms with Gasteiger partial charge in [-0.3, -0.25) is 0 Å². The van der Waals surface area contributed by atoms with Crippen LogP contribution in [0.1, 0.15) is 43.1 Å². The zero-order valence-corrected chi connectivity index (χ0v) is 14.3. The maximum atomic E-state index is 10.6. The number of aliphatic hydroxyl groups is 1. The minimum atomic E-state index is -0.526. The van der Waals surface area contributed by atoms with Gasteiger partial charge in [0, 0.05) is 12.1 Å². The highest BCUT2D eigenvalue weighted by Crippen LogP contribution is 2.38.